The van der Waals surface area contributed by atoms with Crippen LogP contribution in [0.15, 0.2) is 37.9 Å². The van der Waals surface area contributed by atoms with Gasteiger partial charge in [0, 0.05) is 17.9 Å². The number of carboxylic acids is 1. The molecule has 0 amide bonds. The summed E-state index contributed by atoms with van der Waals surface area (Å²) in [5.74, 6) is -1.12. The SMILES string of the molecule is CC(=O)Oc1c(C)c(-c2cc3cc(C(=O)O)ccc3o2)oc(=O)c1C. The number of fused-ring (bicyclic) bond motifs is 1. The standard InChI is InChI=1S/C18H14O7/c1-8-15(23-10(3)19)9(2)18(22)25-16(8)14-7-12-6-11(17(20)21)4-5-13(12)24-14/h4-7H,1-3H3,(H,20,21). The van der Waals surface area contributed by atoms with Crippen molar-refractivity contribution in [3.05, 3.63) is 51.4 Å². The zero-order valence-corrected chi connectivity index (χ0v) is 13.7. The van der Waals surface area contributed by atoms with Crippen molar-refractivity contribution >= 4 is 22.9 Å². The number of rotatable bonds is 3. The van der Waals surface area contributed by atoms with Crippen molar-refractivity contribution in [3.8, 4) is 17.3 Å². The first-order chi connectivity index (χ1) is 11.8. The molecule has 1 N–H and O–H groups in total. The number of hydrogen-bond acceptors (Lipinski definition) is 6. The van der Waals surface area contributed by atoms with Crippen molar-refractivity contribution in [2.75, 3.05) is 0 Å². The van der Waals surface area contributed by atoms with Crippen LogP contribution in [-0.2, 0) is 4.79 Å². The summed E-state index contributed by atoms with van der Waals surface area (Å²) in [6.07, 6.45) is 0. The molecule has 0 spiro atoms. The highest BCUT2D eigenvalue weighted by atomic mass is 16.5. The Morgan fingerprint density at radius 3 is 2.44 bits per heavy atom. The molecule has 2 heterocycles. The molecule has 0 radical (unpaired) electrons. The van der Waals surface area contributed by atoms with Crippen molar-refractivity contribution in [2.24, 2.45) is 0 Å². The van der Waals surface area contributed by atoms with Crippen LogP contribution in [-0.4, -0.2) is 17.0 Å². The minimum atomic E-state index is -1.06. The molecule has 0 aliphatic rings. The third-order valence-corrected chi connectivity index (χ3v) is 3.76. The van der Waals surface area contributed by atoms with Crippen molar-refractivity contribution in [1.82, 2.24) is 0 Å². The molecule has 3 rings (SSSR count). The van der Waals surface area contributed by atoms with E-state index >= 15 is 0 Å². The molecule has 3 aromatic rings. The van der Waals surface area contributed by atoms with Gasteiger partial charge in [0.1, 0.15) is 11.3 Å². The molecule has 128 valence electrons. The molecule has 0 unspecified atom stereocenters. The minimum absolute atomic E-state index is 0.113. The first kappa shape index (κ1) is 16.5. The molecule has 2 aromatic heterocycles. The number of carbonyl (C=O) groups is 2. The largest absolute Gasteiger partial charge is 0.478 e. The summed E-state index contributed by atoms with van der Waals surface area (Å²) in [6, 6.07) is 5.97. The zero-order valence-electron chi connectivity index (χ0n) is 13.7. The van der Waals surface area contributed by atoms with Crippen LogP contribution in [0, 0.1) is 13.8 Å². The van der Waals surface area contributed by atoms with Crippen LogP contribution in [0.25, 0.3) is 22.5 Å². The summed E-state index contributed by atoms with van der Waals surface area (Å²) in [5, 5.41) is 9.61. The van der Waals surface area contributed by atoms with E-state index in [1.807, 2.05) is 0 Å². The zero-order chi connectivity index (χ0) is 18.3. The van der Waals surface area contributed by atoms with Gasteiger partial charge in [-0.15, -0.1) is 0 Å². The Morgan fingerprint density at radius 2 is 1.80 bits per heavy atom. The maximum Gasteiger partial charge on any atom is 0.343 e. The number of benzene rings is 1. The fourth-order valence-corrected chi connectivity index (χ4v) is 2.54. The van der Waals surface area contributed by atoms with Gasteiger partial charge in [0.2, 0.25) is 0 Å². The second-order valence-electron chi connectivity index (χ2n) is 5.56. The van der Waals surface area contributed by atoms with Gasteiger partial charge >= 0.3 is 17.6 Å². The molecule has 0 atom stereocenters. The molecule has 7 nitrogen and oxygen atoms in total. The fourth-order valence-electron chi connectivity index (χ4n) is 2.54. The topological polar surface area (TPSA) is 107 Å². The molecular formula is C18H14O7. The number of ether oxygens (including phenoxy) is 1. The van der Waals surface area contributed by atoms with Crippen LogP contribution in [0.5, 0.6) is 5.75 Å². The van der Waals surface area contributed by atoms with E-state index in [-0.39, 0.29) is 28.4 Å². The van der Waals surface area contributed by atoms with E-state index in [1.165, 1.54) is 32.0 Å². The van der Waals surface area contributed by atoms with Gasteiger partial charge in [0.15, 0.2) is 11.5 Å². The van der Waals surface area contributed by atoms with Gasteiger partial charge in [-0.05, 0) is 38.1 Å². The van der Waals surface area contributed by atoms with E-state index in [4.69, 9.17) is 18.7 Å². The van der Waals surface area contributed by atoms with E-state index in [1.54, 1.807) is 13.0 Å². The van der Waals surface area contributed by atoms with Crippen molar-refractivity contribution in [2.45, 2.75) is 20.8 Å². The summed E-state index contributed by atoms with van der Waals surface area (Å²) >= 11 is 0. The number of carbonyl (C=O) groups excluding carboxylic acids is 1. The molecule has 0 aliphatic heterocycles. The van der Waals surface area contributed by atoms with E-state index in [0.717, 1.165) is 0 Å². The summed E-state index contributed by atoms with van der Waals surface area (Å²) < 4.78 is 16.1. The van der Waals surface area contributed by atoms with E-state index in [0.29, 0.717) is 16.5 Å². The lowest BCUT2D eigenvalue weighted by molar-refractivity contribution is -0.132. The van der Waals surface area contributed by atoms with Gasteiger partial charge in [0.05, 0.1) is 11.1 Å². The van der Waals surface area contributed by atoms with Crippen LogP contribution in [0.2, 0.25) is 0 Å². The first-order valence-corrected chi connectivity index (χ1v) is 7.38. The first-order valence-electron chi connectivity index (χ1n) is 7.38. The number of hydrogen-bond donors (Lipinski definition) is 1. The Kier molecular flexibility index (Phi) is 3.92. The number of aromatic carboxylic acids is 1. The summed E-state index contributed by atoms with van der Waals surface area (Å²) in [5.41, 5.74) is 0.522. The molecule has 1 aromatic carbocycles. The fraction of sp³-hybridized carbons (Fsp3) is 0.167. The maximum absolute atomic E-state index is 12.0. The summed E-state index contributed by atoms with van der Waals surface area (Å²) in [6.45, 7) is 4.37. The van der Waals surface area contributed by atoms with Crippen LogP contribution in [0.3, 0.4) is 0 Å². The van der Waals surface area contributed by atoms with Gasteiger partial charge in [-0.25, -0.2) is 9.59 Å². The highest BCUT2D eigenvalue weighted by Crippen LogP contribution is 2.34. The highest BCUT2D eigenvalue weighted by Gasteiger charge is 2.21. The lowest BCUT2D eigenvalue weighted by Crippen LogP contribution is -2.12. The van der Waals surface area contributed by atoms with Gasteiger partial charge in [-0.2, -0.15) is 0 Å². The normalized spacial score (nSPS) is 10.8. The van der Waals surface area contributed by atoms with Crippen LogP contribution >= 0.6 is 0 Å². The Bertz CT molecular complexity index is 1070. The number of carboxylic acid groups (broad SMARTS) is 1. The molecule has 7 heteroatoms. The van der Waals surface area contributed by atoms with Crippen LogP contribution in [0.1, 0.15) is 28.4 Å². The second kappa shape index (κ2) is 5.94. The lowest BCUT2D eigenvalue weighted by Gasteiger charge is -2.10. The quantitative estimate of drug-likeness (QED) is 0.728. The Labute approximate surface area is 141 Å². The maximum atomic E-state index is 12.0. The Balaban J connectivity index is 2.20. The molecule has 0 fully saturated rings. The molecule has 0 aliphatic carbocycles. The minimum Gasteiger partial charge on any atom is -0.478 e. The Morgan fingerprint density at radius 1 is 1.08 bits per heavy atom. The number of esters is 1. The molecule has 0 saturated carbocycles. The third kappa shape index (κ3) is 2.91. The van der Waals surface area contributed by atoms with Crippen molar-refractivity contribution in [1.29, 1.82) is 0 Å². The van der Waals surface area contributed by atoms with Crippen molar-refractivity contribution in [3.63, 3.8) is 0 Å². The predicted molar refractivity (Wildman–Crippen MR) is 87.9 cm³/mol. The summed E-state index contributed by atoms with van der Waals surface area (Å²) in [4.78, 5) is 34.4. The van der Waals surface area contributed by atoms with Gasteiger partial charge in [-0.3, -0.25) is 4.79 Å². The predicted octanol–water partition coefficient (Wildman–Crippen LogP) is 3.29. The monoisotopic (exact) mass is 342 g/mol. The van der Waals surface area contributed by atoms with E-state index in [9.17, 15) is 14.4 Å². The average Bonchev–Trinajstić information content (AvgIpc) is 2.97. The van der Waals surface area contributed by atoms with Crippen LogP contribution in [0.4, 0.5) is 0 Å². The lowest BCUT2D eigenvalue weighted by atomic mass is 10.1. The number of furan rings is 1. The molecule has 0 saturated heterocycles. The van der Waals surface area contributed by atoms with Crippen molar-refractivity contribution < 1.29 is 28.3 Å². The molecular weight excluding hydrogens is 328 g/mol. The average molecular weight is 342 g/mol. The third-order valence-electron chi connectivity index (χ3n) is 3.76. The van der Waals surface area contributed by atoms with E-state index in [2.05, 4.69) is 0 Å². The second-order valence-corrected chi connectivity index (χ2v) is 5.56. The summed E-state index contributed by atoms with van der Waals surface area (Å²) in [7, 11) is 0. The highest BCUT2D eigenvalue weighted by molar-refractivity contribution is 5.94. The van der Waals surface area contributed by atoms with Gasteiger partial charge < -0.3 is 18.7 Å². The Hall–Kier alpha value is -3.35. The smallest absolute Gasteiger partial charge is 0.343 e. The van der Waals surface area contributed by atoms with Gasteiger partial charge in [0.25, 0.3) is 0 Å². The molecule has 25 heavy (non-hydrogen) atoms. The van der Waals surface area contributed by atoms with Crippen LogP contribution < -0.4 is 10.4 Å². The van der Waals surface area contributed by atoms with Gasteiger partial charge in [-0.1, -0.05) is 0 Å². The molecule has 0 bridgehead atoms. The van der Waals surface area contributed by atoms with E-state index < -0.39 is 17.6 Å².